The van der Waals surface area contributed by atoms with Gasteiger partial charge in [0, 0.05) is 10.2 Å². The lowest BCUT2D eigenvalue weighted by Crippen LogP contribution is -2.71. The van der Waals surface area contributed by atoms with E-state index in [0.29, 0.717) is 15.7 Å². The Morgan fingerprint density at radius 2 is 1.44 bits per heavy atom. The zero-order chi connectivity index (χ0) is 32.1. The first-order chi connectivity index (χ1) is 21.6. The zero-order valence-corrected chi connectivity index (χ0v) is 28.0. The number of amides is 3. The summed E-state index contributed by atoms with van der Waals surface area (Å²) in [5.74, 6) is -1.09. The van der Waals surface area contributed by atoms with Gasteiger partial charge in [-0.25, -0.2) is 9.59 Å². The number of alkyl carbamates (subject to hydrolysis) is 1. The second kappa shape index (κ2) is 14.1. The predicted octanol–water partition coefficient (Wildman–Crippen LogP) is 5.67. The number of ether oxygens (including phenoxy) is 2. The molecule has 2 unspecified atom stereocenters. The minimum atomic E-state index is -1.10. The molecule has 3 aromatic rings. The summed E-state index contributed by atoms with van der Waals surface area (Å²) in [5, 5.41) is 4.94. The summed E-state index contributed by atoms with van der Waals surface area (Å²) in [4.78, 5) is 55.2. The van der Waals surface area contributed by atoms with E-state index in [0.717, 1.165) is 16.7 Å². The van der Waals surface area contributed by atoms with Crippen molar-refractivity contribution in [1.29, 1.82) is 0 Å². The molecule has 3 aromatic carbocycles. The van der Waals surface area contributed by atoms with Crippen molar-refractivity contribution in [1.82, 2.24) is 15.5 Å². The third-order valence-corrected chi connectivity index (χ3v) is 9.45. The van der Waals surface area contributed by atoms with Crippen LogP contribution in [0.5, 0.6) is 0 Å². The van der Waals surface area contributed by atoms with E-state index in [1.165, 1.54) is 16.7 Å². The van der Waals surface area contributed by atoms with Crippen LogP contribution in [0.15, 0.2) is 102 Å². The molecule has 9 nitrogen and oxygen atoms in total. The molecule has 2 aliphatic rings. The average Bonchev–Trinajstić information content (AvgIpc) is 3.04. The van der Waals surface area contributed by atoms with Crippen molar-refractivity contribution in [3.63, 3.8) is 0 Å². The maximum atomic E-state index is 13.9. The highest BCUT2D eigenvalue weighted by molar-refractivity contribution is 14.1. The summed E-state index contributed by atoms with van der Waals surface area (Å²) in [7, 11) is 0. The summed E-state index contributed by atoms with van der Waals surface area (Å²) in [6.45, 7) is 5.19. The maximum Gasteiger partial charge on any atom is 0.408 e. The maximum absolute atomic E-state index is 13.9. The van der Waals surface area contributed by atoms with E-state index < -0.39 is 53.0 Å². The van der Waals surface area contributed by atoms with Crippen LogP contribution in [-0.4, -0.2) is 56.0 Å². The molecule has 0 bridgehead atoms. The second-order valence-electron chi connectivity index (χ2n) is 11.6. The molecule has 0 spiro atoms. The molecule has 0 aromatic heterocycles. The Labute approximate surface area is 280 Å². The Morgan fingerprint density at radius 1 is 0.911 bits per heavy atom. The van der Waals surface area contributed by atoms with Gasteiger partial charge in [0.1, 0.15) is 28.8 Å². The SMILES string of the molecule is CC(C)(C)OC(=O)NC(C(=O)NC1C(=O)N2C(C(=O)OC(c3ccccc3)c3ccccc3)=C(CI)CS[C@@H]12)c1ccccc1. The second-order valence-corrected chi connectivity index (χ2v) is 13.4. The highest BCUT2D eigenvalue weighted by Gasteiger charge is 2.55. The summed E-state index contributed by atoms with van der Waals surface area (Å²) < 4.78 is 12.1. The fourth-order valence-electron chi connectivity index (χ4n) is 5.13. The Bertz CT molecular complexity index is 1540. The van der Waals surface area contributed by atoms with Crippen LogP contribution in [-0.2, 0) is 23.9 Å². The molecule has 1 fully saturated rings. The fourth-order valence-corrected chi connectivity index (χ4v) is 7.47. The summed E-state index contributed by atoms with van der Waals surface area (Å²) in [5.41, 5.74) is 2.38. The molecule has 1 saturated heterocycles. The normalized spacial score (nSPS) is 18.4. The van der Waals surface area contributed by atoms with E-state index in [1.54, 1.807) is 51.1 Å². The van der Waals surface area contributed by atoms with Gasteiger partial charge in [0.2, 0.25) is 5.91 Å². The Hall–Kier alpha value is -3.84. The van der Waals surface area contributed by atoms with Gasteiger partial charge in [-0.1, -0.05) is 114 Å². The van der Waals surface area contributed by atoms with E-state index in [1.807, 2.05) is 60.7 Å². The van der Waals surface area contributed by atoms with Crippen molar-refractivity contribution >= 4 is 58.2 Å². The lowest BCUT2D eigenvalue weighted by atomic mass is 10.00. The van der Waals surface area contributed by atoms with Crippen LogP contribution < -0.4 is 10.6 Å². The van der Waals surface area contributed by atoms with Crippen LogP contribution in [0.2, 0.25) is 0 Å². The number of benzene rings is 3. The van der Waals surface area contributed by atoms with Crippen molar-refractivity contribution in [2.24, 2.45) is 0 Å². The number of alkyl halides is 1. The van der Waals surface area contributed by atoms with Crippen molar-refractivity contribution in [2.45, 2.75) is 49.9 Å². The molecule has 0 saturated carbocycles. The van der Waals surface area contributed by atoms with Gasteiger partial charge in [0.15, 0.2) is 6.10 Å². The Morgan fingerprint density at radius 3 is 1.96 bits per heavy atom. The van der Waals surface area contributed by atoms with E-state index in [-0.39, 0.29) is 5.70 Å². The molecule has 2 N–H and O–H groups in total. The van der Waals surface area contributed by atoms with Crippen molar-refractivity contribution < 1.29 is 28.7 Å². The first kappa shape index (κ1) is 32.6. The lowest BCUT2D eigenvalue weighted by Gasteiger charge is -2.50. The van der Waals surface area contributed by atoms with E-state index in [9.17, 15) is 19.2 Å². The number of carbonyl (C=O) groups is 4. The molecule has 11 heteroatoms. The average molecular weight is 740 g/mol. The molecule has 0 aliphatic carbocycles. The molecule has 5 rings (SSSR count). The predicted molar refractivity (Wildman–Crippen MR) is 180 cm³/mol. The number of nitrogens with one attached hydrogen (secondary N) is 2. The number of fused-ring (bicyclic) bond motifs is 1. The van der Waals surface area contributed by atoms with Crippen LogP contribution in [0.25, 0.3) is 0 Å². The van der Waals surface area contributed by atoms with Gasteiger partial charge in [-0.05, 0) is 43.0 Å². The van der Waals surface area contributed by atoms with Gasteiger partial charge in [0.05, 0.1) is 0 Å². The molecule has 234 valence electrons. The smallest absolute Gasteiger partial charge is 0.408 e. The van der Waals surface area contributed by atoms with Crippen LogP contribution in [0.1, 0.15) is 49.6 Å². The van der Waals surface area contributed by atoms with Crippen LogP contribution in [0.3, 0.4) is 0 Å². The van der Waals surface area contributed by atoms with Gasteiger partial charge in [-0.3, -0.25) is 14.5 Å². The van der Waals surface area contributed by atoms with Gasteiger partial charge in [0.25, 0.3) is 5.91 Å². The minimum absolute atomic E-state index is 0.215. The van der Waals surface area contributed by atoms with Crippen molar-refractivity contribution in [3.8, 4) is 0 Å². The lowest BCUT2D eigenvalue weighted by molar-refractivity contribution is -0.154. The molecule has 2 aliphatic heterocycles. The van der Waals surface area contributed by atoms with Crippen LogP contribution >= 0.6 is 34.4 Å². The number of hydrogen-bond acceptors (Lipinski definition) is 7. The first-order valence-corrected chi connectivity index (χ1v) is 17.0. The fraction of sp³-hybridized carbons (Fsp3) is 0.294. The summed E-state index contributed by atoms with van der Waals surface area (Å²) >= 11 is 3.65. The van der Waals surface area contributed by atoms with Gasteiger partial charge in [-0.15, -0.1) is 11.8 Å². The Kier molecular flexibility index (Phi) is 10.2. The number of rotatable bonds is 9. The molecule has 45 heavy (non-hydrogen) atoms. The monoisotopic (exact) mass is 739 g/mol. The molecule has 2 heterocycles. The third-order valence-electron chi connectivity index (χ3n) is 7.19. The van der Waals surface area contributed by atoms with Crippen molar-refractivity contribution in [2.75, 3.05) is 10.2 Å². The standard InChI is InChI=1S/C34H34IN3O6S/c1-34(2,3)44-33(42)37-25(21-13-7-4-8-14-21)29(39)36-26-30(40)38-27(24(19-35)20-45-31(26)38)32(41)43-28(22-15-9-5-10-16-22)23-17-11-6-12-18-23/h4-18,25-26,28,31H,19-20H2,1-3H3,(H,36,39)(H,37,42)/t25?,26?,31-/m0/s1. The molecular formula is C34H34IN3O6S. The Balaban J connectivity index is 1.35. The highest BCUT2D eigenvalue weighted by atomic mass is 127. The summed E-state index contributed by atoms with van der Waals surface area (Å²) in [6.07, 6.45) is -1.43. The number of carbonyl (C=O) groups excluding carboxylic acids is 4. The van der Waals surface area contributed by atoms with Gasteiger partial charge >= 0.3 is 12.1 Å². The molecular weight excluding hydrogens is 705 g/mol. The minimum Gasteiger partial charge on any atom is -0.448 e. The van der Waals surface area contributed by atoms with Crippen molar-refractivity contribution in [3.05, 3.63) is 119 Å². The van der Waals surface area contributed by atoms with E-state index in [2.05, 4.69) is 33.2 Å². The quantitative estimate of drug-likeness (QED) is 0.126. The number of β-lactam (4-membered cyclic amide) rings is 1. The third kappa shape index (κ3) is 7.52. The largest absolute Gasteiger partial charge is 0.448 e. The number of esters is 1. The molecule has 0 radical (unpaired) electrons. The number of nitrogens with zero attached hydrogens (tertiary/aromatic N) is 1. The topological polar surface area (TPSA) is 114 Å². The van der Waals surface area contributed by atoms with Crippen LogP contribution in [0, 0.1) is 0 Å². The summed E-state index contributed by atoms with van der Waals surface area (Å²) in [6, 6.07) is 25.7. The number of halogens is 1. The zero-order valence-electron chi connectivity index (χ0n) is 25.1. The van der Waals surface area contributed by atoms with E-state index in [4.69, 9.17) is 9.47 Å². The highest BCUT2D eigenvalue weighted by Crippen LogP contribution is 2.42. The number of hydrogen-bond donors (Lipinski definition) is 2. The van der Waals surface area contributed by atoms with E-state index >= 15 is 0 Å². The number of thioether (sulfide) groups is 1. The molecule has 3 atom stereocenters. The van der Waals surface area contributed by atoms with Gasteiger partial charge in [-0.2, -0.15) is 0 Å². The van der Waals surface area contributed by atoms with Crippen LogP contribution in [0.4, 0.5) is 4.79 Å². The first-order valence-electron chi connectivity index (χ1n) is 14.5. The molecule has 3 amide bonds. The van der Waals surface area contributed by atoms with Gasteiger partial charge < -0.3 is 20.1 Å².